The van der Waals surface area contributed by atoms with Crippen molar-refractivity contribution in [2.24, 2.45) is 11.3 Å². The normalized spacial score (nSPS) is 12.6. The second kappa shape index (κ2) is 5.16. The average Bonchev–Trinajstić information content (AvgIpc) is 2.19. The molecule has 0 aliphatic rings. The topological polar surface area (TPSA) is 0 Å². The number of allylic oxidation sites excluding steroid dienone is 1. The van der Waals surface area contributed by atoms with Crippen molar-refractivity contribution in [3.05, 3.63) is 42.0 Å². The zero-order valence-corrected chi connectivity index (χ0v) is 10.3. The molecule has 0 amide bonds. The summed E-state index contributed by atoms with van der Waals surface area (Å²) in [5.41, 5.74) is 1.68. The largest absolute Gasteiger partial charge is 0.0834 e. The van der Waals surface area contributed by atoms with E-state index in [1.54, 1.807) is 0 Å². The Morgan fingerprint density at radius 1 is 1.13 bits per heavy atom. The van der Waals surface area contributed by atoms with Crippen LogP contribution in [-0.2, 0) is 0 Å². The predicted octanol–water partition coefficient (Wildman–Crippen LogP) is 4.77. The van der Waals surface area contributed by atoms with Gasteiger partial charge in [-0.05, 0) is 23.3 Å². The molecule has 0 bridgehead atoms. The molecule has 0 N–H and O–H groups in total. The number of hydrogen-bond acceptors (Lipinski definition) is 0. The highest BCUT2D eigenvalue weighted by Crippen LogP contribution is 2.30. The summed E-state index contributed by atoms with van der Waals surface area (Å²) in [6, 6.07) is 10.5. The van der Waals surface area contributed by atoms with E-state index in [1.165, 1.54) is 5.56 Å². The van der Waals surface area contributed by atoms with E-state index in [4.69, 9.17) is 0 Å². The standard InChI is InChI=1S/C15H22/c1-13(2)15(3,4)12-8-11-14-9-6-5-7-10-14/h5-11,13H,12H2,1-4H3. The number of benzene rings is 1. The Balaban J connectivity index is 2.54. The highest BCUT2D eigenvalue weighted by atomic mass is 14.2. The Labute approximate surface area is 94.0 Å². The molecule has 0 nitrogen and oxygen atoms in total. The molecular weight excluding hydrogens is 180 g/mol. The minimum atomic E-state index is 0.394. The Morgan fingerprint density at radius 2 is 1.73 bits per heavy atom. The zero-order chi connectivity index (χ0) is 11.3. The number of rotatable bonds is 4. The molecule has 1 aromatic carbocycles. The molecule has 15 heavy (non-hydrogen) atoms. The summed E-state index contributed by atoms with van der Waals surface area (Å²) >= 11 is 0. The van der Waals surface area contributed by atoms with E-state index >= 15 is 0 Å². The van der Waals surface area contributed by atoms with E-state index in [0.717, 1.165) is 12.3 Å². The van der Waals surface area contributed by atoms with Crippen LogP contribution in [0.2, 0.25) is 0 Å². The lowest BCUT2D eigenvalue weighted by Gasteiger charge is -2.27. The highest BCUT2D eigenvalue weighted by Gasteiger charge is 2.19. The minimum Gasteiger partial charge on any atom is -0.0834 e. The Bertz CT molecular complexity index is 304. The van der Waals surface area contributed by atoms with Gasteiger partial charge in [0.15, 0.2) is 0 Å². The van der Waals surface area contributed by atoms with E-state index in [0.29, 0.717) is 5.41 Å². The molecular formula is C15H22. The van der Waals surface area contributed by atoms with Crippen LogP contribution < -0.4 is 0 Å². The molecule has 0 aromatic heterocycles. The third-order valence-electron chi connectivity index (χ3n) is 3.32. The molecule has 0 atom stereocenters. The van der Waals surface area contributed by atoms with Gasteiger partial charge in [-0.3, -0.25) is 0 Å². The summed E-state index contributed by atoms with van der Waals surface area (Å²) in [5, 5.41) is 0. The second-order valence-electron chi connectivity index (χ2n) is 5.16. The van der Waals surface area contributed by atoms with Crippen LogP contribution in [0.4, 0.5) is 0 Å². The van der Waals surface area contributed by atoms with Crippen molar-refractivity contribution >= 4 is 6.08 Å². The van der Waals surface area contributed by atoms with Gasteiger partial charge in [0, 0.05) is 0 Å². The maximum Gasteiger partial charge on any atom is -0.0260 e. The molecule has 0 aliphatic carbocycles. The lowest BCUT2D eigenvalue weighted by Crippen LogP contribution is -2.17. The van der Waals surface area contributed by atoms with Crippen LogP contribution in [0.1, 0.15) is 39.7 Å². The van der Waals surface area contributed by atoms with Crippen LogP contribution in [0.5, 0.6) is 0 Å². The predicted molar refractivity (Wildman–Crippen MR) is 68.7 cm³/mol. The fourth-order valence-electron chi connectivity index (χ4n) is 1.30. The van der Waals surface area contributed by atoms with Crippen molar-refractivity contribution in [2.75, 3.05) is 0 Å². The summed E-state index contributed by atoms with van der Waals surface area (Å²) in [6.07, 6.45) is 5.64. The van der Waals surface area contributed by atoms with Crippen molar-refractivity contribution in [1.82, 2.24) is 0 Å². The Kier molecular flexibility index (Phi) is 4.14. The van der Waals surface area contributed by atoms with E-state index in [-0.39, 0.29) is 0 Å². The molecule has 0 unspecified atom stereocenters. The Hall–Kier alpha value is -1.04. The summed E-state index contributed by atoms with van der Waals surface area (Å²) in [4.78, 5) is 0. The maximum atomic E-state index is 2.33. The molecule has 0 fully saturated rings. The first-order valence-corrected chi connectivity index (χ1v) is 5.74. The first kappa shape index (κ1) is 12.0. The van der Waals surface area contributed by atoms with Gasteiger partial charge >= 0.3 is 0 Å². The first-order valence-electron chi connectivity index (χ1n) is 5.74. The molecule has 0 saturated carbocycles. The van der Waals surface area contributed by atoms with Crippen LogP contribution in [-0.4, -0.2) is 0 Å². The third kappa shape index (κ3) is 3.91. The van der Waals surface area contributed by atoms with Gasteiger partial charge in [0.1, 0.15) is 0 Å². The van der Waals surface area contributed by atoms with Crippen LogP contribution in [0.15, 0.2) is 36.4 Å². The lowest BCUT2D eigenvalue weighted by molar-refractivity contribution is 0.254. The SMILES string of the molecule is CC(C)C(C)(C)CC=Cc1ccccc1. The summed E-state index contributed by atoms with van der Waals surface area (Å²) in [6.45, 7) is 9.23. The van der Waals surface area contributed by atoms with Gasteiger partial charge in [0.05, 0.1) is 0 Å². The van der Waals surface area contributed by atoms with Crippen LogP contribution >= 0.6 is 0 Å². The molecule has 0 saturated heterocycles. The quantitative estimate of drug-likeness (QED) is 0.659. The van der Waals surface area contributed by atoms with Gasteiger partial charge in [-0.2, -0.15) is 0 Å². The molecule has 82 valence electrons. The third-order valence-corrected chi connectivity index (χ3v) is 3.32. The molecule has 0 aliphatic heterocycles. The second-order valence-corrected chi connectivity index (χ2v) is 5.16. The monoisotopic (exact) mass is 202 g/mol. The van der Waals surface area contributed by atoms with Crippen LogP contribution in [0.25, 0.3) is 6.08 Å². The summed E-state index contributed by atoms with van der Waals surface area (Å²) in [5.74, 6) is 0.720. The number of hydrogen-bond donors (Lipinski definition) is 0. The summed E-state index contributed by atoms with van der Waals surface area (Å²) < 4.78 is 0. The molecule has 0 heteroatoms. The molecule has 0 radical (unpaired) electrons. The fourth-order valence-corrected chi connectivity index (χ4v) is 1.30. The zero-order valence-electron chi connectivity index (χ0n) is 10.3. The fraction of sp³-hybridized carbons (Fsp3) is 0.467. The summed E-state index contributed by atoms with van der Waals surface area (Å²) in [7, 11) is 0. The van der Waals surface area contributed by atoms with Crippen LogP contribution in [0, 0.1) is 11.3 Å². The first-order chi connectivity index (χ1) is 7.02. The van der Waals surface area contributed by atoms with Gasteiger partial charge in [0.25, 0.3) is 0 Å². The molecule has 0 heterocycles. The maximum absolute atomic E-state index is 2.33. The average molecular weight is 202 g/mol. The van der Waals surface area contributed by atoms with Crippen LogP contribution in [0.3, 0.4) is 0 Å². The highest BCUT2D eigenvalue weighted by molar-refractivity contribution is 5.48. The van der Waals surface area contributed by atoms with E-state index in [9.17, 15) is 0 Å². The van der Waals surface area contributed by atoms with E-state index in [2.05, 4.69) is 70.2 Å². The van der Waals surface area contributed by atoms with E-state index in [1.807, 2.05) is 0 Å². The van der Waals surface area contributed by atoms with Crippen molar-refractivity contribution in [3.8, 4) is 0 Å². The van der Waals surface area contributed by atoms with Gasteiger partial charge < -0.3 is 0 Å². The van der Waals surface area contributed by atoms with Crippen molar-refractivity contribution < 1.29 is 0 Å². The van der Waals surface area contributed by atoms with Crippen molar-refractivity contribution in [3.63, 3.8) is 0 Å². The minimum absolute atomic E-state index is 0.394. The lowest BCUT2D eigenvalue weighted by atomic mass is 9.78. The van der Waals surface area contributed by atoms with Gasteiger partial charge in [-0.1, -0.05) is 70.2 Å². The van der Waals surface area contributed by atoms with Gasteiger partial charge in [-0.15, -0.1) is 0 Å². The smallest absolute Gasteiger partial charge is 0.0260 e. The van der Waals surface area contributed by atoms with Gasteiger partial charge in [-0.25, -0.2) is 0 Å². The molecule has 1 aromatic rings. The Morgan fingerprint density at radius 3 is 2.27 bits per heavy atom. The molecule has 1 rings (SSSR count). The van der Waals surface area contributed by atoms with Crippen molar-refractivity contribution in [2.45, 2.75) is 34.1 Å². The van der Waals surface area contributed by atoms with Gasteiger partial charge in [0.2, 0.25) is 0 Å². The molecule has 0 spiro atoms. The van der Waals surface area contributed by atoms with Crippen molar-refractivity contribution in [1.29, 1.82) is 0 Å². The van der Waals surface area contributed by atoms with E-state index < -0.39 is 0 Å².